The molecule has 0 saturated heterocycles. The summed E-state index contributed by atoms with van der Waals surface area (Å²) in [4.78, 5) is 14.7. The van der Waals surface area contributed by atoms with Gasteiger partial charge in [-0.05, 0) is 30.7 Å². The first-order valence-corrected chi connectivity index (χ1v) is 9.76. The number of carbonyl (C=O) groups is 1. The van der Waals surface area contributed by atoms with Crippen molar-refractivity contribution < 1.29 is 13.2 Å². The van der Waals surface area contributed by atoms with Crippen LogP contribution in [0, 0.1) is 6.92 Å². The van der Waals surface area contributed by atoms with Crippen LogP contribution in [0.1, 0.15) is 27.2 Å². The third-order valence-electron chi connectivity index (χ3n) is 4.58. The lowest BCUT2D eigenvalue weighted by Gasteiger charge is -2.16. The third kappa shape index (κ3) is 2.72. The number of rotatable bonds is 4. The molecule has 0 atom stereocenters. The lowest BCUT2D eigenvalue weighted by atomic mass is 10.2. The van der Waals surface area contributed by atoms with Gasteiger partial charge in [0.05, 0.1) is 4.90 Å². The molecule has 0 unspecified atom stereocenters. The number of nitrogens with zero attached hydrogens (tertiary/aromatic N) is 2. The van der Waals surface area contributed by atoms with Crippen LogP contribution in [-0.2, 0) is 23.1 Å². The second-order valence-electron chi connectivity index (χ2n) is 6.45. The van der Waals surface area contributed by atoms with E-state index in [2.05, 4.69) is 0 Å². The van der Waals surface area contributed by atoms with Crippen molar-refractivity contribution in [1.82, 2.24) is 8.87 Å². The summed E-state index contributed by atoms with van der Waals surface area (Å²) in [6.07, 6.45) is 1.47. The maximum atomic E-state index is 13.0. The smallest absolute Gasteiger partial charge is 0.272 e. The lowest BCUT2D eigenvalue weighted by Crippen LogP contribution is -2.26. The van der Waals surface area contributed by atoms with E-state index in [4.69, 9.17) is 0 Å². The molecule has 1 aliphatic rings. The number of carbonyl (C=O) groups excluding carboxylic acids is 1. The Labute approximate surface area is 152 Å². The van der Waals surface area contributed by atoms with Gasteiger partial charge in [0.2, 0.25) is 0 Å². The van der Waals surface area contributed by atoms with Crippen molar-refractivity contribution >= 4 is 15.9 Å². The Kier molecular flexibility index (Phi) is 3.92. The summed E-state index contributed by atoms with van der Waals surface area (Å²) in [7, 11) is -3.80. The predicted octanol–water partition coefficient (Wildman–Crippen LogP) is 3.19. The molecule has 2 heterocycles. The number of fused-ring (bicyclic) bond motifs is 1. The Hall–Kier alpha value is -2.86. The largest absolute Gasteiger partial charge is 0.329 e. The normalized spacial score (nSPS) is 13.9. The summed E-state index contributed by atoms with van der Waals surface area (Å²) in [6, 6.07) is 18.0. The molecular formula is C20H18N2O3S. The van der Waals surface area contributed by atoms with Crippen molar-refractivity contribution in [2.45, 2.75) is 24.9 Å². The minimum atomic E-state index is -3.80. The Morgan fingerprint density at radius 2 is 1.65 bits per heavy atom. The van der Waals surface area contributed by atoms with Gasteiger partial charge < -0.3 is 4.90 Å². The molecule has 0 N–H and O–H groups in total. The molecule has 132 valence electrons. The Morgan fingerprint density at radius 1 is 0.962 bits per heavy atom. The quantitative estimate of drug-likeness (QED) is 0.712. The summed E-state index contributed by atoms with van der Waals surface area (Å²) in [5.74, 6) is -0.260. The van der Waals surface area contributed by atoms with E-state index < -0.39 is 10.0 Å². The van der Waals surface area contributed by atoms with Crippen LogP contribution in [0.5, 0.6) is 0 Å². The van der Waals surface area contributed by atoms with Crippen molar-refractivity contribution in [3.8, 4) is 0 Å². The molecular weight excluding hydrogens is 348 g/mol. The van der Waals surface area contributed by atoms with E-state index in [1.165, 1.54) is 6.20 Å². The van der Waals surface area contributed by atoms with Gasteiger partial charge in [0.15, 0.2) is 0 Å². The summed E-state index contributed by atoms with van der Waals surface area (Å²) >= 11 is 0. The molecule has 5 nitrogen and oxygen atoms in total. The van der Waals surface area contributed by atoms with Gasteiger partial charge in [0, 0.05) is 24.8 Å². The Balaban J connectivity index is 1.68. The zero-order valence-corrected chi connectivity index (χ0v) is 15.1. The zero-order valence-electron chi connectivity index (χ0n) is 14.3. The summed E-state index contributed by atoms with van der Waals surface area (Å²) < 4.78 is 27.0. The molecule has 0 aliphatic carbocycles. The molecule has 2 aromatic carbocycles. The van der Waals surface area contributed by atoms with Crippen LogP contribution in [0.4, 0.5) is 0 Å². The van der Waals surface area contributed by atoms with Crippen LogP contribution in [0.25, 0.3) is 0 Å². The highest BCUT2D eigenvalue weighted by Crippen LogP contribution is 2.28. The average molecular weight is 366 g/mol. The van der Waals surface area contributed by atoms with Crippen LogP contribution >= 0.6 is 0 Å². The fourth-order valence-electron chi connectivity index (χ4n) is 3.19. The van der Waals surface area contributed by atoms with E-state index in [0.717, 1.165) is 20.7 Å². The lowest BCUT2D eigenvalue weighted by molar-refractivity contribution is 0.0760. The Morgan fingerprint density at radius 3 is 2.35 bits per heavy atom. The van der Waals surface area contributed by atoms with Crippen molar-refractivity contribution in [1.29, 1.82) is 0 Å². The van der Waals surface area contributed by atoms with E-state index in [-0.39, 0.29) is 16.5 Å². The molecule has 0 fully saturated rings. The van der Waals surface area contributed by atoms with E-state index in [1.807, 2.05) is 37.3 Å². The molecule has 1 aliphatic heterocycles. The molecule has 3 aromatic rings. The van der Waals surface area contributed by atoms with Crippen LogP contribution in [-0.4, -0.2) is 23.2 Å². The van der Waals surface area contributed by atoms with Gasteiger partial charge in [-0.25, -0.2) is 12.4 Å². The zero-order chi connectivity index (χ0) is 18.3. The van der Waals surface area contributed by atoms with Crippen molar-refractivity contribution in [3.05, 3.63) is 89.2 Å². The number of aryl methyl sites for hydroxylation is 1. The van der Waals surface area contributed by atoms with Gasteiger partial charge in [-0.3, -0.25) is 4.79 Å². The number of hydrogen-bond donors (Lipinski definition) is 0. The maximum absolute atomic E-state index is 13.0. The highest BCUT2D eigenvalue weighted by Gasteiger charge is 2.34. The van der Waals surface area contributed by atoms with Crippen molar-refractivity contribution in [2.75, 3.05) is 0 Å². The molecule has 1 aromatic heterocycles. The standard InChI is InChI=1S/C20H18N2O3S/c1-15-7-9-18(10-8-15)26(24,25)22-12-11-17-14-21(20(23)19(17)22)13-16-5-3-2-4-6-16/h2-12H,13-14H2,1H3. The van der Waals surface area contributed by atoms with E-state index in [0.29, 0.717) is 13.1 Å². The number of aromatic nitrogens is 1. The first-order chi connectivity index (χ1) is 12.5. The van der Waals surface area contributed by atoms with Gasteiger partial charge in [-0.15, -0.1) is 0 Å². The molecule has 0 radical (unpaired) electrons. The first-order valence-electron chi connectivity index (χ1n) is 8.32. The highest BCUT2D eigenvalue weighted by molar-refractivity contribution is 7.90. The van der Waals surface area contributed by atoms with Crippen molar-refractivity contribution in [3.63, 3.8) is 0 Å². The molecule has 0 bridgehead atoms. The molecule has 1 amide bonds. The topological polar surface area (TPSA) is 59.4 Å². The monoisotopic (exact) mass is 366 g/mol. The summed E-state index contributed by atoms with van der Waals surface area (Å²) in [5.41, 5.74) is 2.97. The first kappa shape index (κ1) is 16.6. The SMILES string of the molecule is Cc1ccc(S(=O)(=O)n2ccc3c2C(=O)N(Cc2ccccc2)C3)cc1. The van der Waals surface area contributed by atoms with E-state index in [9.17, 15) is 13.2 Å². The van der Waals surface area contributed by atoms with Crippen LogP contribution in [0.2, 0.25) is 0 Å². The fraction of sp³-hybridized carbons (Fsp3) is 0.150. The van der Waals surface area contributed by atoms with Crippen LogP contribution < -0.4 is 0 Å². The van der Waals surface area contributed by atoms with Gasteiger partial charge >= 0.3 is 0 Å². The Bertz CT molecular complexity index is 1070. The van der Waals surface area contributed by atoms with Gasteiger partial charge in [0.1, 0.15) is 5.69 Å². The fourth-order valence-corrected chi connectivity index (χ4v) is 4.56. The minimum absolute atomic E-state index is 0.177. The molecule has 26 heavy (non-hydrogen) atoms. The van der Waals surface area contributed by atoms with Crippen LogP contribution in [0.15, 0.2) is 71.8 Å². The van der Waals surface area contributed by atoms with E-state index in [1.54, 1.807) is 35.2 Å². The molecule has 0 spiro atoms. The van der Waals surface area contributed by atoms with Gasteiger partial charge in [-0.2, -0.15) is 0 Å². The van der Waals surface area contributed by atoms with Crippen molar-refractivity contribution in [2.24, 2.45) is 0 Å². The maximum Gasteiger partial charge on any atom is 0.272 e. The summed E-state index contributed by atoms with van der Waals surface area (Å²) in [5, 5.41) is 0. The van der Waals surface area contributed by atoms with Crippen LogP contribution in [0.3, 0.4) is 0 Å². The molecule has 0 saturated carbocycles. The average Bonchev–Trinajstić information content (AvgIpc) is 3.18. The number of hydrogen-bond acceptors (Lipinski definition) is 3. The van der Waals surface area contributed by atoms with E-state index >= 15 is 0 Å². The molecule has 6 heteroatoms. The number of amides is 1. The van der Waals surface area contributed by atoms with Gasteiger partial charge in [-0.1, -0.05) is 48.0 Å². The second kappa shape index (κ2) is 6.14. The summed E-state index contributed by atoms with van der Waals surface area (Å²) in [6.45, 7) is 2.77. The number of benzene rings is 2. The molecule has 4 rings (SSSR count). The predicted molar refractivity (Wildman–Crippen MR) is 98.2 cm³/mol. The minimum Gasteiger partial charge on any atom is -0.329 e. The second-order valence-corrected chi connectivity index (χ2v) is 8.27. The highest BCUT2D eigenvalue weighted by atomic mass is 32.2. The van der Waals surface area contributed by atoms with Gasteiger partial charge in [0.25, 0.3) is 15.9 Å². The third-order valence-corrected chi connectivity index (χ3v) is 6.27.